The van der Waals surface area contributed by atoms with Crippen LogP contribution in [0, 0.1) is 23.2 Å². The molecule has 3 N–H and O–H groups in total. The lowest BCUT2D eigenvalue weighted by Crippen LogP contribution is -2.66. The Hall–Kier alpha value is -0.710. The van der Waals surface area contributed by atoms with Gasteiger partial charge in [-0.05, 0) is 36.8 Å². The second kappa shape index (κ2) is 4.69. The predicted octanol–water partition coefficient (Wildman–Crippen LogP) is 0.898. The van der Waals surface area contributed by atoms with Crippen LogP contribution in [0.4, 0.5) is 0 Å². The van der Waals surface area contributed by atoms with Crippen molar-refractivity contribution in [2.75, 3.05) is 6.61 Å². The Labute approximate surface area is 114 Å². The lowest BCUT2D eigenvalue weighted by atomic mass is 9.48. The van der Waals surface area contributed by atoms with E-state index < -0.39 is 23.0 Å². The van der Waals surface area contributed by atoms with E-state index in [1.54, 1.807) is 0 Å². The van der Waals surface area contributed by atoms with Crippen LogP contribution in [0.15, 0.2) is 12.2 Å². The molecule has 0 spiro atoms. The van der Waals surface area contributed by atoms with E-state index in [0.717, 1.165) is 6.42 Å². The molecule has 4 nitrogen and oxygen atoms in total. The first-order valence-corrected chi connectivity index (χ1v) is 7.03. The zero-order chi connectivity index (χ0) is 14.4. The van der Waals surface area contributed by atoms with E-state index in [1.165, 1.54) is 12.2 Å². The Kier molecular flexibility index (Phi) is 3.62. The van der Waals surface area contributed by atoms with Crippen LogP contribution in [0.2, 0.25) is 0 Å². The zero-order valence-corrected chi connectivity index (χ0v) is 11.8. The minimum atomic E-state index is -1.38. The van der Waals surface area contributed by atoms with Crippen molar-refractivity contribution in [2.24, 2.45) is 23.2 Å². The summed E-state index contributed by atoms with van der Waals surface area (Å²) in [5, 5.41) is 30.6. The van der Waals surface area contributed by atoms with Gasteiger partial charge in [0.15, 0.2) is 5.78 Å². The minimum Gasteiger partial charge on any atom is -0.396 e. The summed E-state index contributed by atoms with van der Waals surface area (Å²) < 4.78 is 0. The Morgan fingerprint density at radius 2 is 2.11 bits per heavy atom. The number of aliphatic hydroxyl groups is 3. The van der Waals surface area contributed by atoms with Gasteiger partial charge in [0.2, 0.25) is 0 Å². The third-order valence-electron chi connectivity index (χ3n) is 5.58. The molecule has 0 aromatic heterocycles. The van der Waals surface area contributed by atoms with Crippen molar-refractivity contribution >= 4 is 5.78 Å². The normalized spacial score (nSPS) is 47.9. The van der Waals surface area contributed by atoms with Crippen molar-refractivity contribution in [1.82, 2.24) is 0 Å². The van der Waals surface area contributed by atoms with E-state index in [0.29, 0.717) is 6.42 Å². The van der Waals surface area contributed by atoms with Crippen LogP contribution in [0.25, 0.3) is 0 Å². The number of carbonyl (C=O) groups is 1. The van der Waals surface area contributed by atoms with Gasteiger partial charge in [0, 0.05) is 17.9 Å². The van der Waals surface area contributed by atoms with Crippen LogP contribution in [-0.4, -0.2) is 39.4 Å². The van der Waals surface area contributed by atoms with Crippen molar-refractivity contribution in [2.45, 2.75) is 45.3 Å². The summed E-state index contributed by atoms with van der Waals surface area (Å²) in [5.74, 6) is -0.650. The molecule has 0 aromatic carbocycles. The predicted molar refractivity (Wildman–Crippen MR) is 71.3 cm³/mol. The van der Waals surface area contributed by atoms with Gasteiger partial charge in [-0.2, -0.15) is 0 Å². The fraction of sp³-hybridized carbons (Fsp3) is 0.800. The largest absolute Gasteiger partial charge is 0.396 e. The van der Waals surface area contributed by atoms with Crippen LogP contribution in [-0.2, 0) is 4.79 Å². The number of fused-ring (bicyclic) bond motifs is 1. The quantitative estimate of drug-likeness (QED) is 0.695. The van der Waals surface area contributed by atoms with Crippen LogP contribution < -0.4 is 0 Å². The molecule has 0 amide bonds. The van der Waals surface area contributed by atoms with Gasteiger partial charge in [-0.25, -0.2) is 0 Å². The van der Waals surface area contributed by atoms with Gasteiger partial charge in [-0.3, -0.25) is 4.79 Å². The van der Waals surface area contributed by atoms with E-state index in [2.05, 4.69) is 0 Å². The molecule has 1 unspecified atom stereocenters. The summed E-state index contributed by atoms with van der Waals surface area (Å²) in [6.07, 6.45) is 3.30. The lowest BCUT2D eigenvalue weighted by Gasteiger charge is -2.59. The molecule has 0 aromatic rings. The Morgan fingerprint density at radius 1 is 1.47 bits per heavy atom. The standard InChI is InChI=1S/C15H24O4/c1-9(8-16)13-11(17)6-7-15(19)12(18)5-4-10(2)14(13,15)3/h6-7,9-10,12-13,16,18-19H,4-5,8H2,1-3H3/t9?,10-,12+,13-,14-,15-/m0/s1. The van der Waals surface area contributed by atoms with Gasteiger partial charge in [0.05, 0.1) is 6.10 Å². The van der Waals surface area contributed by atoms with Gasteiger partial charge < -0.3 is 15.3 Å². The third kappa shape index (κ3) is 1.81. The molecule has 19 heavy (non-hydrogen) atoms. The number of hydrogen-bond acceptors (Lipinski definition) is 4. The molecule has 1 saturated carbocycles. The summed E-state index contributed by atoms with van der Waals surface area (Å²) in [7, 11) is 0. The lowest BCUT2D eigenvalue weighted by molar-refractivity contribution is -0.202. The first-order chi connectivity index (χ1) is 8.79. The van der Waals surface area contributed by atoms with Gasteiger partial charge >= 0.3 is 0 Å². The zero-order valence-electron chi connectivity index (χ0n) is 11.8. The molecule has 2 aliphatic carbocycles. The molecule has 0 radical (unpaired) electrons. The van der Waals surface area contributed by atoms with Crippen molar-refractivity contribution in [3.8, 4) is 0 Å². The van der Waals surface area contributed by atoms with Gasteiger partial charge in [0.25, 0.3) is 0 Å². The molecular weight excluding hydrogens is 244 g/mol. The molecule has 4 heteroatoms. The second-order valence-electron chi connectivity index (χ2n) is 6.48. The average Bonchev–Trinajstić information content (AvgIpc) is 2.38. The maximum Gasteiger partial charge on any atom is 0.159 e. The fourth-order valence-electron chi connectivity index (χ4n) is 4.11. The fourth-order valence-corrected chi connectivity index (χ4v) is 4.11. The Morgan fingerprint density at radius 3 is 2.68 bits per heavy atom. The van der Waals surface area contributed by atoms with E-state index >= 15 is 0 Å². The van der Waals surface area contributed by atoms with E-state index in [-0.39, 0.29) is 24.2 Å². The van der Waals surface area contributed by atoms with Gasteiger partial charge in [-0.1, -0.05) is 20.8 Å². The molecule has 108 valence electrons. The number of carbonyl (C=O) groups excluding carboxylic acids is 1. The average molecular weight is 268 g/mol. The van der Waals surface area contributed by atoms with Crippen LogP contribution >= 0.6 is 0 Å². The van der Waals surface area contributed by atoms with Crippen LogP contribution in [0.3, 0.4) is 0 Å². The van der Waals surface area contributed by atoms with Crippen molar-refractivity contribution in [3.63, 3.8) is 0 Å². The molecular formula is C15H24O4. The summed E-state index contributed by atoms with van der Waals surface area (Å²) in [5.41, 5.74) is -2.12. The van der Waals surface area contributed by atoms with E-state index in [4.69, 9.17) is 0 Å². The highest BCUT2D eigenvalue weighted by atomic mass is 16.3. The third-order valence-corrected chi connectivity index (χ3v) is 5.58. The molecule has 0 bridgehead atoms. The molecule has 2 aliphatic rings. The molecule has 2 rings (SSSR count). The first kappa shape index (κ1) is 14.7. The van der Waals surface area contributed by atoms with Crippen LogP contribution in [0.1, 0.15) is 33.6 Å². The van der Waals surface area contributed by atoms with Crippen molar-refractivity contribution in [3.05, 3.63) is 12.2 Å². The highest BCUT2D eigenvalue weighted by molar-refractivity contribution is 5.94. The van der Waals surface area contributed by atoms with Crippen molar-refractivity contribution < 1.29 is 20.1 Å². The Bertz CT molecular complexity index is 405. The molecule has 0 heterocycles. The Balaban J connectivity index is 2.57. The van der Waals surface area contributed by atoms with E-state index in [1.807, 2.05) is 20.8 Å². The molecule has 0 saturated heterocycles. The highest BCUT2D eigenvalue weighted by Gasteiger charge is 2.63. The molecule has 1 fully saturated rings. The number of rotatable bonds is 2. The summed E-state index contributed by atoms with van der Waals surface area (Å²) >= 11 is 0. The number of allylic oxidation sites excluding steroid dienone is 1. The monoisotopic (exact) mass is 268 g/mol. The highest BCUT2D eigenvalue weighted by Crippen LogP contribution is 2.57. The minimum absolute atomic E-state index is 0.0605. The maximum atomic E-state index is 12.3. The number of ketones is 1. The SMILES string of the molecule is CC(CO)[C@H]1C(=O)C=C[C@]2(O)[C@H](O)CC[C@H](C)[C@@]12C. The summed E-state index contributed by atoms with van der Waals surface area (Å²) in [4.78, 5) is 12.3. The molecule has 6 atom stereocenters. The van der Waals surface area contributed by atoms with E-state index in [9.17, 15) is 20.1 Å². The topological polar surface area (TPSA) is 77.8 Å². The maximum absolute atomic E-state index is 12.3. The first-order valence-electron chi connectivity index (χ1n) is 7.03. The van der Waals surface area contributed by atoms with Gasteiger partial charge in [0.1, 0.15) is 5.60 Å². The summed E-state index contributed by atoms with van der Waals surface area (Å²) in [6, 6.07) is 0. The molecule has 0 aliphatic heterocycles. The number of hydrogen-bond donors (Lipinski definition) is 3. The second-order valence-corrected chi connectivity index (χ2v) is 6.48. The van der Waals surface area contributed by atoms with Gasteiger partial charge in [-0.15, -0.1) is 0 Å². The smallest absolute Gasteiger partial charge is 0.159 e. The van der Waals surface area contributed by atoms with Crippen LogP contribution in [0.5, 0.6) is 0 Å². The van der Waals surface area contributed by atoms with Crippen molar-refractivity contribution in [1.29, 1.82) is 0 Å². The summed E-state index contributed by atoms with van der Waals surface area (Å²) in [6.45, 7) is 5.61. The number of aliphatic hydroxyl groups excluding tert-OH is 2.